The van der Waals surface area contributed by atoms with Crippen LogP contribution in [0, 0.1) is 13.8 Å². The summed E-state index contributed by atoms with van der Waals surface area (Å²) in [6.45, 7) is 7.63. The van der Waals surface area contributed by atoms with Crippen LogP contribution in [0.15, 0.2) is 30.3 Å². The molecule has 1 saturated heterocycles. The molecule has 0 aliphatic carbocycles. The zero-order chi connectivity index (χ0) is 15.5. The van der Waals surface area contributed by atoms with Crippen LogP contribution in [0.25, 0.3) is 5.69 Å². The maximum atomic E-state index is 4.76. The van der Waals surface area contributed by atoms with Gasteiger partial charge in [0, 0.05) is 30.4 Å². The van der Waals surface area contributed by atoms with Crippen molar-refractivity contribution in [3.63, 3.8) is 0 Å². The summed E-state index contributed by atoms with van der Waals surface area (Å²) in [4.78, 5) is 2.55. The predicted octanol–water partition coefficient (Wildman–Crippen LogP) is 3.09. The van der Waals surface area contributed by atoms with Gasteiger partial charge in [-0.25, -0.2) is 4.68 Å². The second-order valence-electron chi connectivity index (χ2n) is 6.26. The smallest absolute Gasteiger partial charge is 0.0648 e. The van der Waals surface area contributed by atoms with Crippen LogP contribution >= 0.6 is 12.4 Å². The van der Waals surface area contributed by atoms with Crippen LogP contribution in [0.4, 0.5) is 0 Å². The molecule has 23 heavy (non-hydrogen) atoms. The second kappa shape index (κ2) is 7.95. The number of likely N-dealkylation sites (N-methyl/N-ethyl adjacent to an activating group) is 1. The highest BCUT2D eigenvalue weighted by atomic mass is 35.5. The zero-order valence-electron chi connectivity index (χ0n) is 14.2. The predicted molar refractivity (Wildman–Crippen MR) is 97.6 cm³/mol. The van der Waals surface area contributed by atoms with E-state index in [-0.39, 0.29) is 12.4 Å². The van der Waals surface area contributed by atoms with Gasteiger partial charge in [-0.2, -0.15) is 5.10 Å². The molecular weight excluding hydrogens is 308 g/mol. The summed E-state index contributed by atoms with van der Waals surface area (Å²) in [6.07, 6.45) is 2.56. The molecule has 1 fully saturated rings. The van der Waals surface area contributed by atoms with Crippen molar-refractivity contribution in [3.05, 3.63) is 47.3 Å². The van der Waals surface area contributed by atoms with Crippen molar-refractivity contribution in [2.24, 2.45) is 0 Å². The number of rotatable bonds is 4. The lowest BCUT2D eigenvalue weighted by Crippen LogP contribution is -2.44. The largest absolute Gasteiger partial charge is 0.316 e. The van der Waals surface area contributed by atoms with Crippen LogP contribution < -0.4 is 5.32 Å². The number of nitrogens with zero attached hydrogens (tertiary/aromatic N) is 3. The lowest BCUT2D eigenvalue weighted by atomic mass is 10.0. The Morgan fingerprint density at radius 1 is 1.22 bits per heavy atom. The van der Waals surface area contributed by atoms with Gasteiger partial charge in [0.1, 0.15) is 0 Å². The van der Waals surface area contributed by atoms with Gasteiger partial charge in [-0.15, -0.1) is 12.4 Å². The molecule has 3 rings (SSSR count). The molecule has 2 aromatic rings. The summed E-state index contributed by atoms with van der Waals surface area (Å²) in [5.74, 6) is 0. The van der Waals surface area contributed by atoms with Gasteiger partial charge < -0.3 is 5.32 Å². The summed E-state index contributed by atoms with van der Waals surface area (Å²) in [6, 6.07) is 11.0. The van der Waals surface area contributed by atoms with Gasteiger partial charge in [0.15, 0.2) is 0 Å². The lowest BCUT2D eigenvalue weighted by molar-refractivity contribution is 0.187. The fourth-order valence-electron chi connectivity index (χ4n) is 3.38. The molecule has 1 aromatic carbocycles. The number of hydrogen-bond donors (Lipinski definition) is 1. The van der Waals surface area contributed by atoms with E-state index in [2.05, 4.69) is 60.1 Å². The molecule has 0 bridgehead atoms. The van der Waals surface area contributed by atoms with E-state index in [1.54, 1.807) is 0 Å². The van der Waals surface area contributed by atoms with E-state index in [0.29, 0.717) is 6.04 Å². The first-order valence-electron chi connectivity index (χ1n) is 8.19. The molecule has 0 saturated carbocycles. The summed E-state index contributed by atoms with van der Waals surface area (Å²) >= 11 is 0. The van der Waals surface area contributed by atoms with E-state index >= 15 is 0 Å². The molecule has 1 aromatic heterocycles. The van der Waals surface area contributed by atoms with E-state index in [9.17, 15) is 0 Å². The Labute approximate surface area is 145 Å². The standard InChI is InChI=1S/C18H26N4.ClH/c1-14-18(13-21-11-7-8-16(12-21)19-3)15(2)22(20-14)17-9-5-4-6-10-17;/h4-6,9-10,16,19H,7-8,11-13H2,1-3H3;1H. The second-order valence-corrected chi connectivity index (χ2v) is 6.26. The number of benzene rings is 1. The van der Waals surface area contributed by atoms with E-state index in [4.69, 9.17) is 5.10 Å². The van der Waals surface area contributed by atoms with Crippen molar-refractivity contribution >= 4 is 12.4 Å². The average molecular weight is 335 g/mol. The van der Waals surface area contributed by atoms with Crippen LogP contribution in [0.2, 0.25) is 0 Å². The molecule has 0 amide bonds. The van der Waals surface area contributed by atoms with Crippen LogP contribution in [0.5, 0.6) is 0 Å². The van der Waals surface area contributed by atoms with Gasteiger partial charge >= 0.3 is 0 Å². The summed E-state index contributed by atoms with van der Waals surface area (Å²) in [5.41, 5.74) is 4.92. The highest BCUT2D eigenvalue weighted by Gasteiger charge is 2.21. The maximum Gasteiger partial charge on any atom is 0.0648 e. The summed E-state index contributed by atoms with van der Waals surface area (Å²) < 4.78 is 2.07. The van der Waals surface area contributed by atoms with Gasteiger partial charge in [0.25, 0.3) is 0 Å². The van der Waals surface area contributed by atoms with Gasteiger partial charge in [0.05, 0.1) is 11.4 Å². The molecule has 0 radical (unpaired) electrons. The fourth-order valence-corrected chi connectivity index (χ4v) is 3.38. The molecule has 1 aliphatic rings. The summed E-state index contributed by atoms with van der Waals surface area (Å²) in [7, 11) is 2.07. The lowest BCUT2D eigenvalue weighted by Gasteiger charge is -2.32. The Morgan fingerprint density at radius 2 is 1.96 bits per heavy atom. The van der Waals surface area contributed by atoms with Crippen molar-refractivity contribution in [3.8, 4) is 5.69 Å². The van der Waals surface area contributed by atoms with E-state index in [0.717, 1.165) is 24.5 Å². The van der Waals surface area contributed by atoms with Gasteiger partial charge in [-0.3, -0.25) is 4.90 Å². The topological polar surface area (TPSA) is 33.1 Å². The van der Waals surface area contributed by atoms with Gasteiger partial charge in [0.2, 0.25) is 0 Å². The minimum atomic E-state index is 0. The Balaban J connectivity index is 0.00000192. The monoisotopic (exact) mass is 334 g/mol. The van der Waals surface area contributed by atoms with Crippen molar-refractivity contribution in [1.29, 1.82) is 0 Å². The average Bonchev–Trinajstić information content (AvgIpc) is 2.84. The van der Waals surface area contributed by atoms with Crippen molar-refractivity contribution < 1.29 is 0 Å². The normalized spacial score (nSPS) is 18.7. The fraction of sp³-hybridized carbons (Fsp3) is 0.500. The van der Waals surface area contributed by atoms with Crippen LogP contribution in [0.3, 0.4) is 0 Å². The highest BCUT2D eigenvalue weighted by molar-refractivity contribution is 5.85. The number of aryl methyl sites for hydroxylation is 1. The Morgan fingerprint density at radius 3 is 2.65 bits per heavy atom. The number of halogens is 1. The van der Waals surface area contributed by atoms with Crippen LogP contribution in [-0.2, 0) is 6.54 Å². The zero-order valence-corrected chi connectivity index (χ0v) is 15.1. The first-order valence-corrected chi connectivity index (χ1v) is 8.19. The number of para-hydroxylation sites is 1. The molecule has 1 atom stereocenters. The van der Waals surface area contributed by atoms with E-state index in [1.165, 1.54) is 30.6 Å². The number of aromatic nitrogens is 2. The Bertz CT molecular complexity index is 623. The molecule has 1 N–H and O–H groups in total. The Hall–Kier alpha value is -1.36. The first kappa shape index (κ1) is 18.0. The van der Waals surface area contributed by atoms with Crippen molar-refractivity contribution in [1.82, 2.24) is 20.0 Å². The molecule has 1 aliphatic heterocycles. The molecule has 126 valence electrons. The third-order valence-electron chi connectivity index (χ3n) is 4.74. The molecule has 5 heteroatoms. The maximum absolute atomic E-state index is 4.76. The van der Waals surface area contributed by atoms with E-state index < -0.39 is 0 Å². The Kier molecular flexibility index (Phi) is 6.22. The molecular formula is C18H27ClN4. The van der Waals surface area contributed by atoms with Crippen molar-refractivity contribution in [2.45, 2.75) is 39.3 Å². The number of nitrogens with one attached hydrogen (secondary N) is 1. The quantitative estimate of drug-likeness (QED) is 0.932. The minimum absolute atomic E-state index is 0. The molecule has 1 unspecified atom stereocenters. The number of hydrogen-bond acceptors (Lipinski definition) is 3. The summed E-state index contributed by atoms with van der Waals surface area (Å²) in [5, 5.41) is 8.18. The van der Waals surface area contributed by atoms with Crippen LogP contribution in [0.1, 0.15) is 29.8 Å². The SMILES string of the molecule is CNC1CCCN(Cc2c(C)nn(-c3ccccc3)c2C)C1.Cl. The number of piperidine rings is 1. The third kappa shape index (κ3) is 3.94. The van der Waals surface area contributed by atoms with Gasteiger partial charge in [-0.05, 0) is 52.4 Å². The van der Waals surface area contributed by atoms with Crippen molar-refractivity contribution in [2.75, 3.05) is 20.1 Å². The molecule has 2 heterocycles. The first-order chi connectivity index (χ1) is 10.7. The van der Waals surface area contributed by atoms with E-state index in [1.807, 2.05) is 6.07 Å². The number of likely N-dealkylation sites (tertiary alicyclic amines) is 1. The van der Waals surface area contributed by atoms with Crippen LogP contribution in [-0.4, -0.2) is 40.9 Å². The molecule has 4 nitrogen and oxygen atoms in total. The molecule has 0 spiro atoms. The minimum Gasteiger partial charge on any atom is -0.316 e. The highest BCUT2D eigenvalue weighted by Crippen LogP contribution is 2.21. The van der Waals surface area contributed by atoms with Gasteiger partial charge in [-0.1, -0.05) is 18.2 Å². The third-order valence-corrected chi connectivity index (χ3v) is 4.74.